The molecule has 0 heterocycles. The minimum Gasteiger partial charge on any atom is -0.192 e. The maximum Gasteiger partial charge on any atom is -0.0129 e. The largest absolute Gasteiger partial charge is 0.192 e. The topological polar surface area (TPSA) is 0 Å². The van der Waals surface area contributed by atoms with E-state index in [-0.39, 0.29) is 6.71 Å². The predicted molar refractivity (Wildman–Crippen MR) is 61.5 cm³/mol. The molecule has 0 fully saturated rings. The van der Waals surface area contributed by atoms with Gasteiger partial charge < -0.3 is 0 Å². The lowest BCUT2D eigenvalue weighted by atomic mass is 9.30. The van der Waals surface area contributed by atoms with Gasteiger partial charge in [-0.05, 0) is 6.71 Å². The van der Waals surface area contributed by atoms with Gasteiger partial charge in [0.2, 0.25) is 0 Å². The Morgan fingerprint density at radius 1 is 1.08 bits per heavy atom. The van der Waals surface area contributed by atoms with Gasteiger partial charge in [0.25, 0.3) is 0 Å². The highest BCUT2D eigenvalue weighted by Gasteiger charge is 2.23. The quantitative estimate of drug-likeness (QED) is 0.559. The van der Waals surface area contributed by atoms with Gasteiger partial charge in [0.15, 0.2) is 0 Å². The van der Waals surface area contributed by atoms with Crippen LogP contribution >= 0.6 is 0 Å². The Kier molecular flexibility index (Phi) is 4.37. The third kappa shape index (κ3) is 3.20. The molecule has 0 saturated carbocycles. The Balaban J connectivity index is 4.15. The average molecular weight is 169 g/mol. The summed E-state index contributed by atoms with van der Waals surface area (Å²) in [7, 11) is 0. The number of rotatable bonds is 4. The molecule has 0 aliphatic rings. The van der Waals surface area contributed by atoms with Crippen LogP contribution in [0.25, 0.3) is 0 Å². The molecule has 0 radical (unpaired) electrons. The lowest BCUT2D eigenvalue weighted by Crippen LogP contribution is -2.30. The Labute approximate surface area is 79.2 Å². The Bertz CT molecular complexity index is 125. The molecule has 0 aromatic carbocycles. The first-order chi connectivity index (χ1) is 5.28. The van der Waals surface area contributed by atoms with E-state index in [2.05, 4.69) is 48.4 Å². The number of hydrogen-bond acceptors (Lipinski definition) is 0. The summed E-state index contributed by atoms with van der Waals surface area (Å²) in [6, 6.07) is 0. The molecule has 0 rings (SSSR count). The van der Waals surface area contributed by atoms with Gasteiger partial charge >= 0.3 is 0 Å². The molecule has 0 aliphatic heterocycles. The monoisotopic (exact) mass is 169 g/mol. The van der Waals surface area contributed by atoms with Gasteiger partial charge in [-0.3, -0.25) is 0 Å². The summed E-state index contributed by atoms with van der Waals surface area (Å²) in [5.74, 6) is 1.69. The fourth-order valence-corrected chi connectivity index (χ4v) is 1.93. The molecule has 0 spiro atoms. The molecule has 0 nitrogen and oxygen atoms in total. The molecule has 1 heteroatoms. The van der Waals surface area contributed by atoms with E-state index in [0.29, 0.717) is 5.31 Å². The van der Waals surface area contributed by atoms with E-state index in [1.54, 1.807) is 0 Å². The molecule has 0 amide bonds. The molecule has 12 heavy (non-hydrogen) atoms. The standard InChI is InChI=1S/C11H26B/c1-9(2)8-12(7)11(5,6)10(3)4/h9-10,12H,8H2,1-7H3/q-1. The van der Waals surface area contributed by atoms with Gasteiger partial charge in [-0.1, -0.05) is 53.4 Å². The van der Waals surface area contributed by atoms with Gasteiger partial charge in [0.1, 0.15) is 0 Å². The first-order valence-electron chi connectivity index (χ1n) is 5.57. The molecule has 1 unspecified atom stereocenters. The lowest BCUT2D eigenvalue weighted by molar-refractivity contribution is 0.461. The van der Waals surface area contributed by atoms with Crippen molar-refractivity contribution in [2.24, 2.45) is 11.8 Å². The normalized spacial score (nSPS) is 15.8. The van der Waals surface area contributed by atoms with Crippen molar-refractivity contribution in [1.29, 1.82) is 0 Å². The second-order valence-electron chi connectivity index (χ2n) is 5.93. The summed E-state index contributed by atoms with van der Waals surface area (Å²) in [5.41, 5.74) is 0. The van der Waals surface area contributed by atoms with Crippen LogP contribution in [0.4, 0.5) is 0 Å². The molecular weight excluding hydrogens is 143 g/mol. The van der Waals surface area contributed by atoms with E-state index in [1.165, 1.54) is 6.32 Å². The molecule has 1 atom stereocenters. The highest BCUT2D eigenvalue weighted by molar-refractivity contribution is 6.60. The van der Waals surface area contributed by atoms with Gasteiger partial charge in [0, 0.05) is 0 Å². The van der Waals surface area contributed by atoms with Crippen molar-refractivity contribution in [2.75, 3.05) is 0 Å². The summed E-state index contributed by atoms with van der Waals surface area (Å²) in [6.45, 7) is 16.7. The zero-order valence-corrected chi connectivity index (χ0v) is 10.1. The maximum atomic E-state index is 2.47. The molecule has 0 aliphatic carbocycles. The van der Waals surface area contributed by atoms with Crippen LogP contribution in [0, 0.1) is 11.8 Å². The van der Waals surface area contributed by atoms with Crippen molar-refractivity contribution in [3.05, 3.63) is 0 Å². The van der Waals surface area contributed by atoms with Crippen molar-refractivity contribution >= 4 is 6.71 Å². The molecular formula is C11H26B-. The summed E-state index contributed by atoms with van der Waals surface area (Å²) < 4.78 is 0. The summed E-state index contributed by atoms with van der Waals surface area (Å²) in [4.78, 5) is 0. The number of hydrogen-bond donors (Lipinski definition) is 0. The molecule has 0 bridgehead atoms. The van der Waals surface area contributed by atoms with Crippen molar-refractivity contribution in [1.82, 2.24) is 0 Å². The highest BCUT2D eigenvalue weighted by Crippen LogP contribution is 2.39. The van der Waals surface area contributed by atoms with Gasteiger partial charge in [0.05, 0.1) is 0 Å². The summed E-state index contributed by atoms with van der Waals surface area (Å²) >= 11 is 0. The fraction of sp³-hybridized carbons (Fsp3) is 1.00. The van der Waals surface area contributed by atoms with Crippen LogP contribution in [0.2, 0.25) is 18.5 Å². The van der Waals surface area contributed by atoms with Gasteiger partial charge in [-0.2, -0.15) is 18.5 Å². The third-order valence-electron chi connectivity index (χ3n) is 4.13. The van der Waals surface area contributed by atoms with E-state index >= 15 is 0 Å². The minimum atomic E-state index is 0.0162. The maximum absolute atomic E-state index is 2.47. The van der Waals surface area contributed by atoms with E-state index in [9.17, 15) is 0 Å². The smallest absolute Gasteiger partial charge is 0.0129 e. The van der Waals surface area contributed by atoms with Crippen LogP contribution in [-0.4, -0.2) is 6.71 Å². The van der Waals surface area contributed by atoms with E-state index in [0.717, 1.165) is 11.8 Å². The predicted octanol–water partition coefficient (Wildman–Crippen LogP) is 3.94. The first kappa shape index (κ1) is 12.1. The van der Waals surface area contributed by atoms with Crippen molar-refractivity contribution in [3.8, 4) is 0 Å². The van der Waals surface area contributed by atoms with E-state index < -0.39 is 0 Å². The molecule has 74 valence electrons. The lowest BCUT2D eigenvalue weighted by Gasteiger charge is -2.43. The van der Waals surface area contributed by atoms with Crippen LogP contribution in [0.5, 0.6) is 0 Å². The van der Waals surface area contributed by atoms with Crippen molar-refractivity contribution < 1.29 is 0 Å². The zero-order chi connectivity index (χ0) is 9.94. The second-order valence-corrected chi connectivity index (χ2v) is 5.93. The van der Waals surface area contributed by atoms with Crippen molar-refractivity contribution in [2.45, 2.75) is 60.0 Å². The average Bonchev–Trinajstić information content (AvgIpc) is 1.85. The van der Waals surface area contributed by atoms with Crippen LogP contribution in [0.3, 0.4) is 0 Å². The summed E-state index contributed by atoms with van der Waals surface area (Å²) in [5, 5.41) is 0.574. The minimum absolute atomic E-state index is 0.0162. The SMILES string of the molecule is C[BH-](CC(C)C)C(C)(C)C(C)C. The van der Waals surface area contributed by atoms with E-state index in [1.807, 2.05) is 0 Å². The summed E-state index contributed by atoms with van der Waals surface area (Å²) in [6.07, 6.45) is 1.44. The Morgan fingerprint density at radius 2 is 1.50 bits per heavy atom. The zero-order valence-electron chi connectivity index (χ0n) is 10.1. The van der Waals surface area contributed by atoms with Crippen molar-refractivity contribution in [3.63, 3.8) is 0 Å². The van der Waals surface area contributed by atoms with Gasteiger partial charge in [-0.15, -0.1) is 0 Å². The Hall–Kier alpha value is 0.0649. The Morgan fingerprint density at radius 3 is 1.75 bits per heavy atom. The van der Waals surface area contributed by atoms with Crippen LogP contribution in [-0.2, 0) is 0 Å². The third-order valence-corrected chi connectivity index (χ3v) is 4.13. The molecule has 0 aromatic rings. The fourth-order valence-electron chi connectivity index (χ4n) is 1.93. The van der Waals surface area contributed by atoms with Crippen LogP contribution in [0.15, 0.2) is 0 Å². The molecule has 0 aromatic heterocycles. The molecule has 0 saturated heterocycles. The molecule has 0 N–H and O–H groups in total. The van der Waals surface area contributed by atoms with Crippen LogP contribution in [0.1, 0.15) is 41.5 Å². The van der Waals surface area contributed by atoms with E-state index in [4.69, 9.17) is 0 Å². The first-order valence-corrected chi connectivity index (χ1v) is 5.57. The van der Waals surface area contributed by atoms with Gasteiger partial charge in [-0.25, -0.2) is 0 Å². The van der Waals surface area contributed by atoms with Crippen LogP contribution < -0.4 is 0 Å². The second kappa shape index (κ2) is 4.34. The highest BCUT2D eigenvalue weighted by atomic mass is 14.2.